The fourth-order valence-corrected chi connectivity index (χ4v) is 3.36. The second-order valence-corrected chi connectivity index (χ2v) is 7.29. The quantitative estimate of drug-likeness (QED) is 0.592. The summed E-state index contributed by atoms with van der Waals surface area (Å²) in [4.78, 5) is 12.6. The zero-order valence-electron chi connectivity index (χ0n) is 14.5. The molecule has 0 radical (unpaired) electrons. The Balaban J connectivity index is 1.83. The molecule has 2 aromatic carbocycles. The zero-order chi connectivity index (χ0) is 18.0. The molecule has 1 aromatic heterocycles. The molecule has 1 N–H and O–H groups in total. The van der Waals surface area contributed by atoms with Gasteiger partial charge < -0.3 is 5.32 Å². The van der Waals surface area contributed by atoms with E-state index in [1.54, 1.807) is 0 Å². The summed E-state index contributed by atoms with van der Waals surface area (Å²) in [5.74, 6) is -0.105. The molecule has 0 bridgehead atoms. The summed E-state index contributed by atoms with van der Waals surface area (Å²) in [6.45, 7) is 6.67. The van der Waals surface area contributed by atoms with Crippen LogP contribution in [-0.4, -0.2) is 15.7 Å². The predicted molar refractivity (Wildman–Crippen MR) is 109 cm³/mol. The normalized spacial score (nSPS) is 10.7. The third kappa shape index (κ3) is 3.92. The number of nitrogens with one attached hydrogen (secondary N) is 1. The highest BCUT2D eigenvalue weighted by Crippen LogP contribution is 2.22. The van der Waals surface area contributed by atoms with Crippen LogP contribution in [0.25, 0.3) is 0 Å². The number of aromatic nitrogens is 2. The van der Waals surface area contributed by atoms with Crippen LogP contribution in [0.5, 0.6) is 0 Å². The third-order valence-electron chi connectivity index (χ3n) is 4.19. The Bertz CT molecular complexity index is 913. The molecule has 0 aliphatic carbocycles. The summed E-state index contributed by atoms with van der Waals surface area (Å²) >= 11 is 2.18. The molecule has 128 valence electrons. The van der Waals surface area contributed by atoms with E-state index in [0.29, 0.717) is 12.1 Å². The molecule has 0 atom stereocenters. The van der Waals surface area contributed by atoms with Crippen molar-refractivity contribution in [1.82, 2.24) is 9.78 Å². The Morgan fingerprint density at radius 2 is 1.76 bits per heavy atom. The van der Waals surface area contributed by atoms with Gasteiger partial charge in [-0.25, -0.2) is 0 Å². The van der Waals surface area contributed by atoms with Gasteiger partial charge in [-0.1, -0.05) is 42.0 Å². The number of rotatable bonds is 4. The lowest BCUT2D eigenvalue weighted by atomic mass is 10.1. The Kier molecular flexibility index (Phi) is 5.22. The summed E-state index contributed by atoms with van der Waals surface area (Å²) in [6, 6.07) is 16.0. The summed E-state index contributed by atoms with van der Waals surface area (Å²) < 4.78 is 2.87. The van der Waals surface area contributed by atoms with Crippen LogP contribution in [0.3, 0.4) is 0 Å². The van der Waals surface area contributed by atoms with Gasteiger partial charge in [-0.15, -0.1) is 0 Å². The molecular formula is C20H20IN3O. The molecule has 4 nitrogen and oxygen atoms in total. The number of carbonyl (C=O) groups is 1. The van der Waals surface area contributed by atoms with Crippen LogP contribution in [0.2, 0.25) is 0 Å². The largest absolute Gasteiger partial charge is 0.319 e. The minimum Gasteiger partial charge on any atom is -0.319 e. The lowest BCUT2D eigenvalue weighted by molar-refractivity contribution is 0.102. The molecule has 25 heavy (non-hydrogen) atoms. The van der Waals surface area contributed by atoms with E-state index in [0.717, 1.165) is 20.6 Å². The van der Waals surface area contributed by atoms with Crippen molar-refractivity contribution < 1.29 is 4.79 Å². The number of aryl methyl sites for hydroxylation is 2. The maximum absolute atomic E-state index is 12.6. The number of carbonyl (C=O) groups excluding carboxylic acids is 1. The first kappa shape index (κ1) is 17.7. The molecule has 0 saturated heterocycles. The molecule has 1 amide bonds. The highest BCUT2D eigenvalue weighted by molar-refractivity contribution is 14.1. The van der Waals surface area contributed by atoms with Gasteiger partial charge >= 0.3 is 0 Å². The van der Waals surface area contributed by atoms with Gasteiger partial charge in [-0.3, -0.25) is 9.48 Å². The molecule has 0 aliphatic heterocycles. The summed E-state index contributed by atoms with van der Waals surface area (Å²) in [6.07, 6.45) is 0. The van der Waals surface area contributed by atoms with Crippen molar-refractivity contribution >= 4 is 34.2 Å². The molecule has 5 heteroatoms. The van der Waals surface area contributed by atoms with E-state index >= 15 is 0 Å². The van der Waals surface area contributed by atoms with Crippen LogP contribution in [0.4, 0.5) is 5.69 Å². The number of amides is 1. The SMILES string of the molecule is Cc1ccc(Cn2nc(C)c(NC(=O)c3ccccc3I)c2C)cc1. The molecule has 3 aromatic rings. The first-order valence-electron chi connectivity index (χ1n) is 8.11. The van der Waals surface area contributed by atoms with Crippen LogP contribution in [0.15, 0.2) is 48.5 Å². The Hall–Kier alpha value is -2.15. The second kappa shape index (κ2) is 7.39. The molecule has 0 spiro atoms. The lowest BCUT2D eigenvalue weighted by Gasteiger charge is -2.08. The van der Waals surface area contributed by atoms with E-state index in [2.05, 4.69) is 64.2 Å². The van der Waals surface area contributed by atoms with Crippen LogP contribution in [0.1, 0.15) is 32.9 Å². The van der Waals surface area contributed by atoms with Crippen LogP contribution >= 0.6 is 22.6 Å². The van der Waals surface area contributed by atoms with Gasteiger partial charge in [0.2, 0.25) is 0 Å². The fourth-order valence-electron chi connectivity index (χ4n) is 2.72. The van der Waals surface area contributed by atoms with Gasteiger partial charge in [0, 0.05) is 3.57 Å². The number of hydrogen-bond acceptors (Lipinski definition) is 2. The van der Waals surface area contributed by atoms with Gasteiger partial charge in [0.05, 0.1) is 29.2 Å². The van der Waals surface area contributed by atoms with Gasteiger partial charge in [-0.2, -0.15) is 5.10 Å². The number of halogens is 1. The van der Waals surface area contributed by atoms with Gasteiger partial charge in [0.1, 0.15) is 0 Å². The summed E-state index contributed by atoms with van der Waals surface area (Å²) in [7, 11) is 0. The smallest absolute Gasteiger partial charge is 0.256 e. The van der Waals surface area contributed by atoms with E-state index in [-0.39, 0.29) is 5.91 Å². The molecule has 0 unspecified atom stereocenters. The van der Waals surface area contributed by atoms with Crippen molar-refractivity contribution in [3.63, 3.8) is 0 Å². The molecule has 0 aliphatic rings. The topological polar surface area (TPSA) is 46.9 Å². The van der Waals surface area contributed by atoms with Crippen molar-refractivity contribution in [3.05, 3.63) is 80.2 Å². The predicted octanol–water partition coefficient (Wildman–Crippen LogP) is 4.71. The van der Waals surface area contributed by atoms with Crippen LogP contribution in [-0.2, 0) is 6.54 Å². The van der Waals surface area contributed by atoms with Crippen molar-refractivity contribution in [2.24, 2.45) is 0 Å². The first-order chi connectivity index (χ1) is 12.0. The Morgan fingerprint density at radius 3 is 2.44 bits per heavy atom. The van der Waals surface area contributed by atoms with Crippen LogP contribution in [0, 0.1) is 24.3 Å². The monoisotopic (exact) mass is 445 g/mol. The highest BCUT2D eigenvalue weighted by Gasteiger charge is 2.16. The first-order valence-corrected chi connectivity index (χ1v) is 9.19. The van der Waals surface area contributed by atoms with E-state index in [1.807, 2.05) is 42.8 Å². The van der Waals surface area contributed by atoms with Crippen molar-refractivity contribution in [3.8, 4) is 0 Å². The van der Waals surface area contributed by atoms with E-state index < -0.39 is 0 Å². The van der Waals surface area contributed by atoms with Crippen molar-refractivity contribution in [1.29, 1.82) is 0 Å². The van der Waals surface area contributed by atoms with Crippen molar-refractivity contribution in [2.45, 2.75) is 27.3 Å². The Morgan fingerprint density at radius 1 is 1.08 bits per heavy atom. The van der Waals surface area contributed by atoms with E-state index in [9.17, 15) is 4.79 Å². The van der Waals surface area contributed by atoms with Gasteiger partial charge in [-0.05, 0) is 61.1 Å². The average Bonchev–Trinajstić information content (AvgIpc) is 2.85. The maximum Gasteiger partial charge on any atom is 0.256 e. The number of nitrogens with zero attached hydrogens (tertiary/aromatic N) is 2. The highest BCUT2D eigenvalue weighted by atomic mass is 127. The number of hydrogen-bond donors (Lipinski definition) is 1. The minimum atomic E-state index is -0.105. The lowest BCUT2D eigenvalue weighted by Crippen LogP contribution is -2.14. The van der Waals surface area contributed by atoms with E-state index in [4.69, 9.17) is 0 Å². The zero-order valence-corrected chi connectivity index (χ0v) is 16.7. The maximum atomic E-state index is 12.6. The van der Waals surface area contributed by atoms with Gasteiger partial charge in [0.15, 0.2) is 0 Å². The Labute approximate surface area is 161 Å². The second-order valence-electron chi connectivity index (χ2n) is 6.12. The van der Waals surface area contributed by atoms with Crippen molar-refractivity contribution in [2.75, 3.05) is 5.32 Å². The molecule has 1 heterocycles. The minimum absolute atomic E-state index is 0.105. The molecule has 0 saturated carbocycles. The van der Waals surface area contributed by atoms with E-state index in [1.165, 1.54) is 11.1 Å². The summed E-state index contributed by atoms with van der Waals surface area (Å²) in [5.41, 5.74) is 5.67. The average molecular weight is 445 g/mol. The summed E-state index contributed by atoms with van der Waals surface area (Å²) in [5, 5.41) is 7.62. The molecular weight excluding hydrogens is 425 g/mol. The standard InChI is InChI=1S/C20H20IN3O/c1-13-8-10-16(11-9-13)12-24-15(3)19(14(2)23-24)22-20(25)17-6-4-5-7-18(17)21/h4-11H,12H2,1-3H3,(H,22,25). The molecule has 0 fully saturated rings. The number of benzene rings is 2. The van der Waals surface area contributed by atoms with Crippen LogP contribution < -0.4 is 5.32 Å². The van der Waals surface area contributed by atoms with Gasteiger partial charge in [0.25, 0.3) is 5.91 Å². The number of anilines is 1. The third-order valence-corrected chi connectivity index (χ3v) is 5.13. The molecule has 3 rings (SSSR count). The fraction of sp³-hybridized carbons (Fsp3) is 0.200.